The number of amides is 1. The number of rotatable bonds is 4. The third-order valence-corrected chi connectivity index (χ3v) is 4.78. The number of hydrogen-bond acceptors (Lipinski definition) is 4. The second kappa shape index (κ2) is 6.91. The van der Waals surface area contributed by atoms with E-state index < -0.39 is 12.0 Å². The standard InChI is InChI=1S/C19H22N2O3/c1-24-19(23)17(12-6-2-3-7-12)21-18(22)15-10-13-8-4-5-9-14(13)11-16(15)20/h4-5,8-12,17H,2-3,6-7,20H2,1H3,(H,21,22)/t17-/m0/s1. The van der Waals surface area contributed by atoms with Crippen molar-refractivity contribution < 1.29 is 14.3 Å². The lowest BCUT2D eigenvalue weighted by atomic mass is 9.97. The molecular formula is C19H22N2O3. The van der Waals surface area contributed by atoms with Gasteiger partial charge >= 0.3 is 5.97 Å². The van der Waals surface area contributed by atoms with Crippen LogP contribution in [0, 0.1) is 5.92 Å². The van der Waals surface area contributed by atoms with Gasteiger partial charge in [0.1, 0.15) is 6.04 Å². The smallest absolute Gasteiger partial charge is 0.328 e. The molecule has 2 aromatic rings. The fourth-order valence-corrected chi connectivity index (χ4v) is 3.46. The van der Waals surface area contributed by atoms with Gasteiger partial charge in [0.05, 0.1) is 12.7 Å². The van der Waals surface area contributed by atoms with Gasteiger partial charge in [0, 0.05) is 5.69 Å². The maximum Gasteiger partial charge on any atom is 0.328 e. The molecule has 1 saturated carbocycles. The Labute approximate surface area is 141 Å². The molecule has 0 unspecified atom stereocenters. The molecule has 3 N–H and O–H groups in total. The lowest BCUT2D eigenvalue weighted by molar-refractivity contribution is -0.144. The van der Waals surface area contributed by atoms with Gasteiger partial charge in [-0.2, -0.15) is 0 Å². The van der Waals surface area contributed by atoms with Crippen molar-refractivity contribution >= 4 is 28.3 Å². The van der Waals surface area contributed by atoms with E-state index in [-0.39, 0.29) is 11.8 Å². The first-order valence-corrected chi connectivity index (χ1v) is 8.27. The largest absolute Gasteiger partial charge is 0.467 e. The highest BCUT2D eigenvalue weighted by Crippen LogP contribution is 2.29. The van der Waals surface area contributed by atoms with E-state index in [4.69, 9.17) is 10.5 Å². The van der Waals surface area contributed by atoms with Crippen LogP contribution in [0.2, 0.25) is 0 Å². The molecule has 1 amide bonds. The summed E-state index contributed by atoms with van der Waals surface area (Å²) < 4.78 is 4.88. The fourth-order valence-electron chi connectivity index (χ4n) is 3.46. The van der Waals surface area contributed by atoms with Crippen LogP contribution in [-0.2, 0) is 9.53 Å². The Kier molecular flexibility index (Phi) is 4.69. The van der Waals surface area contributed by atoms with E-state index in [1.54, 1.807) is 12.1 Å². The number of methoxy groups -OCH3 is 1. The van der Waals surface area contributed by atoms with Crippen LogP contribution in [0.1, 0.15) is 36.0 Å². The van der Waals surface area contributed by atoms with Gasteiger partial charge in [0.25, 0.3) is 5.91 Å². The molecular weight excluding hydrogens is 304 g/mol. The van der Waals surface area contributed by atoms with Gasteiger partial charge in [-0.15, -0.1) is 0 Å². The summed E-state index contributed by atoms with van der Waals surface area (Å²) in [4.78, 5) is 24.8. The van der Waals surface area contributed by atoms with Crippen molar-refractivity contribution in [3.05, 3.63) is 42.0 Å². The van der Waals surface area contributed by atoms with Crippen LogP contribution in [0.5, 0.6) is 0 Å². The zero-order chi connectivity index (χ0) is 17.1. The summed E-state index contributed by atoms with van der Waals surface area (Å²) in [5, 5.41) is 4.75. The van der Waals surface area contributed by atoms with Crippen LogP contribution >= 0.6 is 0 Å². The van der Waals surface area contributed by atoms with Crippen molar-refractivity contribution in [3.63, 3.8) is 0 Å². The van der Waals surface area contributed by atoms with Crippen molar-refractivity contribution in [2.45, 2.75) is 31.7 Å². The summed E-state index contributed by atoms with van der Waals surface area (Å²) in [6.45, 7) is 0. The molecule has 0 aromatic heterocycles. The first kappa shape index (κ1) is 16.3. The number of nitrogen functional groups attached to an aromatic ring is 1. The van der Waals surface area contributed by atoms with Crippen LogP contribution in [0.25, 0.3) is 10.8 Å². The van der Waals surface area contributed by atoms with Gasteiger partial charge in [-0.1, -0.05) is 37.1 Å². The highest BCUT2D eigenvalue weighted by Gasteiger charge is 2.33. The molecule has 1 atom stereocenters. The Hall–Kier alpha value is -2.56. The zero-order valence-electron chi connectivity index (χ0n) is 13.7. The summed E-state index contributed by atoms with van der Waals surface area (Å²) in [7, 11) is 1.35. The molecule has 0 bridgehead atoms. The van der Waals surface area contributed by atoms with E-state index in [0.717, 1.165) is 36.5 Å². The van der Waals surface area contributed by atoms with Crippen molar-refractivity contribution in [2.24, 2.45) is 5.92 Å². The highest BCUT2D eigenvalue weighted by atomic mass is 16.5. The fraction of sp³-hybridized carbons (Fsp3) is 0.368. The molecule has 0 heterocycles. The quantitative estimate of drug-likeness (QED) is 0.668. The van der Waals surface area contributed by atoms with E-state index in [1.807, 2.05) is 24.3 Å². The number of anilines is 1. The number of carbonyl (C=O) groups is 2. The molecule has 1 aliphatic carbocycles. The summed E-state index contributed by atoms with van der Waals surface area (Å²) in [6, 6.07) is 10.7. The second-order valence-electron chi connectivity index (χ2n) is 6.31. The number of fused-ring (bicyclic) bond motifs is 1. The molecule has 0 saturated heterocycles. The minimum atomic E-state index is -0.615. The van der Waals surface area contributed by atoms with Crippen LogP contribution < -0.4 is 11.1 Å². The van der Waals surface area contributed by atoms with Crippen molar-refractivity contribution in [1.29, 1.82) is 0 Å². The van der Waals surface area contributed by atoms with Gasteiger partial charge in [0.15, 0.2) is 0 Å². The van der Waals surface area contributed by atoms with Gasteiger partial charge in [-0.25, -0.2) is 4.79 Å². The Morgan fingerprint density at radius 2 is 1.79 bits per heavy atom. The first-order valence-electron chi connectivity index (χ1n) is 8.27. The van der Waals surface area contributed by atoms with Crippen molar-refractivity contribution in [1.82, 2.24) is 5.32 Å². The number of ether oxygens (including phenoxy) is 1. The van der Waals surface area contributed by atoms with Crippen LogP contribution in [0.3, 0.4) is 0 Å². The average Bonchev–Trinajstić information content (AvgIpc) is 3.12. The van der Waals surface area contributed by atoms with E-state index in [2.05, 4.69) is 5.32 Å². The molecule has 0 radical (unpaired) electrons. The second-order valence-corrected chi connectivity index (χ2v) is 6.31. The van der Waals surface area contributed by atoms with Crippen molar-refractivity contribution in [3.8, 4) is 0 Å². The van der Waals surface area contributed by atoms with Crippen LogP contribution in [-0.4, -0.2) is 25.0 Å². The van der Waals surface area contributed by atoms with Gasteiger partial charge in [-0.3, -0.25) is 4.79 Å². The maximum absolute atomic E-state index is 12.7. The molecule has 1 fully saturated rings. The molecule has 0 aliphatic heterocycles. The average molecular weight is 326 g/mol. The molecule has 5 nitrogen and oxygen atoms in total. The van der Waals surface area contributed by atoms with Crippen molar-refractivity contribution in [2.75, 3.05) is 12.8 Å². The monoisotopic (exact) mass is 326 g/mol. The topological polar surface area (TPSA) is 81.4 Å². The molecule has 3 rings (SSSR count). The molecule has 24 heavy (non-hydrogen) atoms. The minimum Gasteiger partial charge on any atom is -0.467 e. The van der Waals surface area contributed by atoms with E-state index in [1.165, 1.54) is 7.11 Å². The number of esters is 1. The number of nitrogens with one attached hydrogen (secondary N) is 1. The Morgan fingerprint density at radius 3 is 2.42 bits per heavy atom. The maximum atomic E-state index is 12.7. The highest BCUT2D eigenvalue weighted by molar-refractivity contribution is 6.05. The normalized spacial score (nSPS) is 16.0. The number of carbonyl (C=O) groups excluding carboxylic acids is 2. The number of nitrogens with two attached hydrogens (primary N) is 1. The predicted molar refractivity (Wildman–Crippen MR) is 93.6 cm³/mol. The van der Waals surface area contributed by atoms with Crippen LogP contribution in [0.4, 0.5) is 5.69 Å². The third-order valence-electron chi connectivity index (χ3n) is 4.78. The number of benzene rings is 2. The Morgan fingerprint density at radius 1 is 1.17 bits per heavy atom. The lowest BCUT2D eigenvalue weighted by Crippen LogP contribution is -2.46. The predicted octanol–water partition coefficient (Wildman–Crippen LogP) is 2.88. The molecule has 1 aliphatic rings. The lowest BCUT2D eigenvalue weighted by Gasteiger charge is -2.22. The summed E-state index contributed by atoms with van der Waals surface area (Å²) in [5.41, 5.74) is 6.84. The van der Waals surface area contributed by atoms with Gasteiger partial charge in [0.2, 0.25) is 0 Å². The minimum absolute atomic E-state index is 0.128. The van der Waals surface area contributed by atoms with E-state index in [9.17, 15) is 9.59 Å². The summed E-state index contributed by atoms with van der Waals surface area (Å²) in [5.74, 6) is -0.599. The van der Waals surface area contributed by atoms with Crippen LogP contribution in [0.15, 0.2) is 36.4 Å². The summed E-state index contributed by atoms with van der Waals surface area (Å²) in [6.07, 6.45) is 4.00. The first-order chi connectivity index (χ1) is 11.6. The van der Waals surface area contributed by atoms with E-state index in [0.29, 0.717) is 11.3 Å². The third kappa shape index (κ3) is 3.20. The summed E-state index contributed by atoms with van der Waals surface area (Å²) >= 11 is 0. The molecule has 2 aromatic carbocycles. The zero-order valence-corrected chi connectivity index (χ0v) is 13.7. The molecule has 0 spiro atoms. The Balaban J connectivity index is 1.87. The van der Waals surface area contributed by atoms with Gasteiger partial charge < -0.3 is 15.8 Å². The molecule has 126 valence electrons. The number of hydrogen-bond donors (Lipinski definition) is 2. The molecule has 5 heteroatoms. The van der Waals surface area contributed by atoms with Gasteiger partial charge in [-0.05, 0) is 41.7 Å². The Bertz CT molecular complexity index is 766. The van der Waals surface area contributed by atoms with E-state index >= 15 is 0 Å². The SMILES string of the molecule is COC(=O)[C@@H](NC(=O)c1cc2ccccc2cc1N)C1CCCC1.